The lowest BCUT2D eigenvalue weighted by Crippen LogP contribution is -2.42. The molecular formula is C14H26N4O8S2. The van der Waals surface area contributed by atoms with Gasteiger partial charge in [0, 0.05) is 27.2 Å². The van der Waals surface area contributed by atoms with E-state index in [2.05, 4.69) is 0 Å². The summed E-state index contributed by atoms with van der Waals surface area (Å²) < 4.78 is 77.9. The summed E-state index contributed by atoms with van der Waals surface area (Å²) in [5.41, 5.74) is 0. The molecule has 0 bridgehead atoms. The summed E-state index contributed by atoms with van der Waals surface area (Å²) in [6.45, 7) is 4.38. The van der Waals surface area contributed by atoms with Crippen LogP contribution in [0.2, 0.25) is 0 Å². The zero-order chi connectivity index (χ0) is 20.4. The zero-order valence-electron chi connectivity index (χ0n) is 16.2. The minimum absolute atomic E-state index is 0.307. The van der Waals surface area contributed by atoms with Crippen LogP contribution in [0.4, 0.5) is 0 Å². The van der Waals surface area contributed by atoms with Gasteiger partial charge in [0.25, 0.3) is 20.4 Å². The van der Waals surface area contributed by atoms with Crippen molar-refractivity contribution in [3.05, 3.63) is 0 Å². The lowest BCUT2D eigenvalue weighted by Gasteiger charge is -2.26. The van der Waals surface area contributed by atoms with Gasteiger partial charge in [-0.1, -0.05) is 13.8 Å². The molecule has 162 valence electrons. The van der Waals surface area contributed by atoms with E-state index in [-0.39, 0.29) is 0 Å². The molecule has 0 spiro atoms. The van der Waals surface area contributed by atoms with Gasteiger partial charge in [-0.2, -0.15) is 34.1 Å². The van der Waals surface area contributed by atoms with E-state index in [0.29, 0.717) is 25.9 Å². The fourth-order valence-corrected chi connectivity index (χ4v) is 7.05. The van der Waals surface area contributed by atoms with Gasteiger partial charge in [0.15, 0.2) is 24.9 Å². The first-order valence-electron chi connectivity index (χ1n) is 9.26. The molecule has 0 amide bonds. The first-order chi connectivity index (χ1) is 13.1. The Labute approximate surface area is 165 Å². The first-order valence-corrected chi connectivity index (χ1v) is 12.1. The van der Waals surface area contributed by atoms with Gasteiger partial charge in [-0.25, -0.2) is 0 Å². The second kappa shape index (κ2) is 7.08. The van der Waals surface area contributed by atoms with E-state index in [0.717, 1.165) is 8.61 Å². The Morgan fingerprint density at radius 2 is 1.00 bits per heavy atom. The molecule has 0 aliphatic carbocycles. The third-order valence-electron chi connectivity index (χ3n) is 5.30. The molecule has 4 aliphatic rings. The highest BCUT2D eigenvalue weighted by molar-refractivity contribution is 7.87. The number of hydrogen-bond donors (Lipinski definition) is 0. The molecule has 4 atom stereocenters. The van der Waals surface area contributed by atoms with Crippen molar-refractivity contribution in [2.45, 2.75) is 64.2 Å². The maximum atomic E-state index is 12.8. The summed E-state index contributed by atoms with van der Waals surface area (Å²) in [6, 6.07) is 0. The standard InChI is InChI=1S/C14H26N4O8S2/c1-5-7-17-11-12(18(8-6-2)28(17,21)22)26-14(25-11)13-23-9-10(24-13)16(4)27(19,20)15(9)3/h9-14H,5-8H2,1-4H3/t9-,10-,11+,12+/m1/s1. The van der Waals surface area contributed by atoms with Crippen LogP contribution in [-0.4, -0.2) is 98.7 Å². The van der Waals surface area contributed by atoms with Crippen LogP contribution < -0.4 is 0 Å². The van der Waals surface area contributed by atoms with Crippen molar-refractivity contribution in [1.29, 1.82) is 0 Å². The van der Waals surface area contributed by atoms with Crippen molar-refractivity contribution >= 4 is 20.4 Å². The van der Waals surface area contributed by atoms with Crippen molar-refractivity contribution < 1.29 is 35.8 Å². The van der Waals surface area contributed by atoms with Crippen LogP contribution in [0, 0.1) is 0 Å². The van der Waals surface area contributed by atoms with E-state index < -0.39 is 57.9 Å². The van der Waals surface area contributed by atoms with E-state index in [1.165, 1.54) is 22.7 Å². The summed E-state index contributed by atoms with van der Waals surface area (Å²) in [6.07, 6.45) is -3.93. The lowest BCUT2D eigenvalue weighted by atomic mass is 10.4. The largest absolute Gasteiger partial charge is 0.324 e. The first kappa shape index (κ1) is 20.8. The highest BCUT2D eigenvalue weighted by atomic mass is 32.2. The normalized spacial score (nSPS) is 39.7. The smallest absolute Gasteiger partial charge is 0.286 e. The highest BCUT2D eigenvalue weighted by Crippen LogP contribution is 2.41. The van der Waals surface area contributed by atoms with Crippen LogP contribution in [0.1, 0.15) is 26.7 Å². The van der Waals surface area contributed by atoms with E-state index in [9.17, 15) is 16.8 Å². The van der Waals surface area contributed by atoms with Gasteiger partial charge in [-0.3, -0.25) is 0 Å². The lowest BCUT2D eigenvalue weighted by molar-refractivity contribution is -0.237. The molecule has 0 unspecified atom stereocenters. The molecule has 14 heteroatoms. The molecule has 12 nitrogen and oxygen atoms in total. The number of rotatable bonds is 5. The molecule has 4 heterocycles. The van der Waals surface area contributed by atoms with Crippen LogP contribution in [0.15, 0.2) is 0 Å². The van der Waals surface area contributed by atoms with Gasteiger partial charge in [-0.05, 0) is 12.8 Å². The summed E-state index contributed by atoms with van der Waals surface area (Å²) in [7, 11) is -4.48. The summed E-state index contributed by atoms with van der Waals surface area (Å²) in [5, 5.41) is 0. The average Bonchev–Trinajstić information content (AvgIpc) is 3.32. The van der Waals surface area contributed by atoms with Crippen LogP contribution in [0.25, 0.3) is 0 Å². The van der Waals surface area contributed by atoms with E-state index in [4.69, 9.17) is 18.9 Å². The van der Waals surface area contributed by atoms with Crippen molar-refractivity contribution in [3.63, 3.8) is 0 Å². The van der Waals surface area contributed by atoms with Crippen molar-refractivity contribution in [2.24, 2.45) is 0 Å². The quantitative estimate of drug-likeness (QED) is 0.523. The van der Waals surface area contributed by atoms with Gasteiger partial charge in [0.2, 0.25) is 12.6 Å². The maximum absolute atomic E-state index is 12.8. The van der Waals surface area contributed by atoms with E-state index in [1.807, 2.05) is 13.8 Å². The predicted octanol–water partition coefficient (Wildman–Crippen LogP) is -1.16. The molecule has 28 heavy (non-hydrogen) atoms. The fraction of sp³-hybridized carbons (Fsp3) is 1.00. The van der Waals surface area contributed by atoms with Crippen LogP contribution in [0.5, 0.6) is 0 Å². The molecule has 4 aliphatic heterocycles. The Kier molecular flexibility index (Phi) is 5.27. The minimum Gasteiger partial charge on any atom is -0.324 e. The van der Waals surface area contributed by atoms with Gasteiger partial charge in [-0.15, -0.1) is 0 Å². The molecule has 0 radical (unpaired) electrons. The van der Waals surface area contributed by atoms with Gasteiger partial charge in [0.1, 0.15) is 0 Å². The molecule has 0 N–H and O–H groups in total. The highest BCUT2D eigenvalue weighted by Gasteiger charge is 2.62. The third-order valence-corrected chi connectivity index (χ3v) is 9.13. The molecule has 4 fully saturated rings. The second-order valence-electron chi connectivity index (χ2n) is 7.11. The molecular weight excluding hydrogens is 416 g/mol. The predicted molar refractivity (Wildman–Crippen MR) is 94.4 cm³/mol. The SMILES string of the molecule is CCCN1[C@H]2OC(C3O[C@@H]4[C@@H](O3)N(C)S(=O)(=O)N4C)O[C@@H]2N(CCC)S1(=O)=O. The maximum Gasteiger partial charge on any atom is 0.286 e. The number of ether oxygens (including phenoxy) is 4. The van der Waals surface area contributed by atoms with Crippen LogP contribution in [-0.2, 0) is 39.4 Å². The molecule has 0 aromatic heterocycles. The number of fused-ring (bicyclic) bond motifs is 2. The fourth-order valence-electron chi connectivity index (χ4n) is 3.88. The Bertz CT molecular complexity index is 771. The second-order valence-corrected chi connectivity index (χ2v) is 11.0. The summed E-state index contributed by atoms with van der Waals surface area (Å²) in [4.78, 5) is 0. The Morgan fingerprint density at radius 1 is 0.643 bits per heavy atom. The average molecular weight is 443 g/mol. The zero-order valence-corrected chi connectivity index (χ0v) is 17.8. The number of hydrogen-bond acceptors (Lipinski definition) is 8. The van der Waals surface area contributed by atoms with E-state index >= 15 is 0 Å². The summed E-state index contributed by atoms with van der Waals surface area (Å²) >= 11 is 0. The van der Waals surface area contributed by atoms with Crippen molar-refractivity contribution in [3.8, 4) is 0 Å². The van der Waals surface area contributed by atoms with Crippen molar-refractivity contribution in [1.82, 2.24) is 17.2 Å². The third kappa shape index (κ3) is 2.85. The van der Waals surface area contributed by atoms with Gasteiger partial charge >= 0.3 is 0 Å². The Balaban J connectivity index is 1.52. The molecule has 0 aromatic rings. The number of nitrogens with zero attached hydrogens (tertiary/aromatic N) is 4. The molecule has 4 rings (SSSR count). The van der Waals surface area contributed by atoms with Crippen LogP contribution >= 0.6 is 0 Å². The Hall–Kier alpha value is -0.420. The molecule has 4 saturated heterocycles. The van der Waals surface area contributed by atoms with E-state index in [1.54, 1.807) is 0 Å². The molecule has 0 aromatic carbocycles. The van der Waals surface area contributed by atoms with Crippen molar-refractivity contribution in [2.75, 3.05) is 27.2 Å². The van der Waals surface area contributed by atoms with Gasteiger partial charge in [0.05, 0.1) is 0 Å². The van der Waals surface area contributed by atoms with Crippen LogP contribution in [0.3, 0.4) is 0 Å². The molecule has 0 saturated carbocycles. The number of likely N-dealkylation sites (N-methyl/N-ethyl adjacent to an activating group) is 2. The van der Waals surface area contributed by atoms with Gasteiger partial charge < -0.3 is 18.9 Å². The minimum atomic E-state index is -3.67. The Morgan fingerprint density at radius 3 is 1.36 bits per heavy atom. The topological polar surface area (TPSA) is 118 Å². The monoisotopic (exact) mass is 442 g/mol. The summed E-state index contributed by atoms with van der Waals surface area (Å²) in [5.74, 6) is 0.